The molecule has 0 unspecified atom stereocenters. The van der Waals surface area contributed by atoms with Crippen LogP contribution in [0.2, 0.25) is 0 Å². The summed E-state index contributed by atoms with van der Waals surface area (Å²) < 4.78 is 50.1. The van der Waals surface area contributed by atoms with Crippen molar-refractivity contribution in [3.05, 3.63) is 65.7 Å². The van der Waals surface area contributed by atoms with Gasteiger partial charge in [0.05, 0.1) is 4.90 Å². The van der Waals surface area contributed by atoms with Crippen LogP contribution in [-0.4, -0.2) is 60.7 Å². The second kappa shape index (κ2) is 10.3. The molecule has 30 heavy (non-hydrogen) atoms. The Morgan fingerprint density at radius 2 is 1.30 bits per heavy atom. The van der Waals surface area contributed by atoms with Gasteiger partial charge in [0.1, 0.15) is 13.1 Å². The van der Waals surface area contributed by atoms with E-state index in [4.69, 9.17) is 5.11 Å². The maximum Gasteiger partial charge on any atom is 0.318 e. The summed E-state index contributed by atoms with van der Waals surface area (Å²) in [6, 6.07) is 13.5. The van der Waals surface area contributed by atoms with E-state index < -0.39 is 45.9 Å². The number of benzene rings is 2. The quantitative estimate of drug-likeness (QED) is 0.411. The number of sulfonamides is 1. The molecule has 162 valence electrons. The molecule has 2 rings (SSSR count). The molecular weight excluding hydrogens is 436 g/mol. The highest BCUT2D eigenvalue weighted by Gasteiger charge is 2.27. The molecule has 0 fully saturated rings. The molecule has 2 aromatic carbocycles. The Morgan fingerprint density at radius 1 is 0.800 bits per heavy atom. The van der Waals surface area contributed by atoms with Crippen molar-refractivity contribution in [2.45, 2.75) is 18.0 Å². The minimum absolute atomic E-state index is 0.0844. The SMILES string of the molecule is O=C(O)CN(Cc1ccccc1CN(CC(=O)O)S(=O)(=O)c1ccccc1)[SH](=O)=O. The third-order valence-corrected chi connectivity index (χ3v) is 6.61. The normalized spacial score (nSPS) is 11.8. The fourth-order valence-corrected chi connectivity index (χ4v) is 4.59. The first-order valence-corrected chi connectivity index (χ1v) is 11.1. The van der Waals surface area contributed by atoms with E-state index in [2.05, 4.69) is 0 Å². The minimum Gasteiger partial charge on any atom is -0.480 e. The lowest BCUT2D eigenvalue weighted by atomic mass is 10.1. The lowest BCUT2D eigenvalue weighted by Crippen LogP contribution is -2.36. The smallest absolute Gasteiger partial charge is 0.318 e. The fraction of sp³-hybridized carbons (Fsp3) is 0.222. The lowest BCUT2D eigenvalue weighted by Gasteiger charge is -2.23. The van der Waals surface area contributed by atoms with Gasteiger partial charge in [0.25, 0.3) is 0 Å². The van der Waals surface area contributed by atoms with Gasteiger partial charge in [-0.15, -0.1) is 0 Å². The Balaban J connectivity index is 2.40. The number of carbonyl (C=O) groups is 2. The summed E-state index contributed by atoms with van der Waals surface area (Å²) in [7, 11) is -7.35. The number of carboxylic acids is 2. The lowest BCUT2D eigenvalue weighted by molar-refractivity contribution is -0.138. The first-order chi connectivity index (χ1) is 14.1. The summed E-state index contributed by atoms with van der Waals surface area (Å²) in [6.45, 7) is -2.20. The Bertz CT molecular complexity index is 1080. The van der Waals surface area contributed by atoms with Gasteiger partial charge in [0.15, 0.2) is 0 Å². The van der Waals surface area contributed by atoms with Crippen LogP contribution in [0.5, 0.6) is 0 Å². The highest BCUT2D eigenvalue weighted by atomic mass is 32.2. The highest BCUT2D eigenvalue weighted by molar-refractivity contribution is 7.89. The predicted molar refractivity (Wildman–Crippen MR) is 106 cm³/mol. The zero-order valence-corrected chi connectivity index (χ0v) is 17.3. The molecule has 10 nitrogen and oxygen atoms in total. The molecule has 0 saturated carbocycles. The van der Waals surface area contributed by atoms with Gasteiger partial charge in [0.2, 0.25) is 20.9 Å². The molecule has 0 radical (unpaired) electrons. The molecule has 0 aliphatic carbocycles. The number of nitrogens with zero attached hydrogens (tertiary/aromatic N) is 2. The van der Waals surface area contributed by atoms with Crippen LogP contribution in [0.25, 0.3) is 0 Å². The second-order valence-corrected chi connectivity index (χ2v) is 9.18. The summed E-state index contributed by atoms with van der Waals surface area (Å²) in [5.41, 5.74) is 0.710. The van der Waals surface area contributed by atoms with Crippen LogP contribution in [0.3, 0.4) is 0 Å². The van der Waals surface area contributed by atoms with Gasteiger partial charge in [-0.3, -0.25) is 9.59 Å². The molecule has 0 aliphatic heterocycles. The molecule has 0 aromatic heterocycles. The maximum atomic E-state index is 12.9. The van der Waals surface area contributed by atoms with Gasteiger partial charge >= 0.3 is 11.9 Å². The van der Waals surface area contributed by atoms with Crippen LogP contribution in [0.15, 0.2) is 59.5 Å². The third kappa shape index (κ3) is 6.35. The monoisotopic (exact) mass is 456 g/mol. The van der Waals surface area contributed by atoms with Crippen molar-refractivity contribution in [1.82, 2.24) is 8.61 Å². The Morgan fingerprint density at radius 3 is 1.80 bits per heavy atom. The van der Waals surface area contributed by atoms with Crippen LogP contribution in [0, 0.1) is 0 Å². The van der Waals surface area contributed by atoms with Crippen molar-refractivity contribution >= 4 is 32.9 Å². The van der Waals surface area contributed by atoms with E-state index in [0.29, 0.717) is 15.4 Å². The zero-order chi connectivity index (χ0) is 22.3. The molecule has 0 bridgehead atoms. The number of aliphatic carboxylic acids is 2. The molecule has 0 amide bonds. The molecule has 2 aromatic rings. The van der Waals surface area contributed by atoms with E-state index >= 15 is 0 Å². The summed E-state index contributed by atoms with van der Waals surface area (Å²) in [6.07, 6.45) is 0. The van der Waals surface area contributed by atoms with Crippen LogP contribution >= 0.6 is 0 Å². The predicted octanol–water partition coefficient (Wildman–Crippen LogP) is 0.375. The number of carboxylic acid groups (broad SMARTS) is 2. The van der Waals surface area contributed by atoms with Crippen molar-refractivity contribution in [2.24, 2.45) is 0 Å². The molecule has 12 heteroatoms. The van der Waals surface area contributed by atoms with E-state index in [9.17, 15) is 31.5 Å². The van der Waals surface area contributed by atoms with Gasteiger partial charge in [-0.2, -0.15) is 8.61 Å². The van der Waals surface area contributed by atoms with Gasteiger partial charge < -0.3 is 10.2 Å². The van der Waals surface area contributed by atoms with Crippen molar-refractivity contribution in [3.8, 4) is 0 Å². The zero-order valence-electron chi connectivity index (χ0n) is 15.6. The number of rotatable bonds is 11. The van der Waals surface area contributed by atoms with Crippen LogP contribution < -0.4 is 0 Å². The van der Waals surface area contributed by atoms with Crippen molar-refractivity contribution in [2.75, 3.05) is 13.1 Å². The maximum absolute atomic E-state index is 12.9. The van der Waals surface area contributed by atoms with Gasteiger partial charge in [-0.1, -0.05) is 42.5 Å². The number of thiol groups is 1. The molecule has 0 saturated heterocycles. The fourth-order valence-electron chi connectivity index (χ4n) is 2.70. The standard InChI is InChI=1S/C18H20N2O8S2/c21-17(22)12-19(29(25)26)10-14-6-4-5-7-15(14)11-20(13-18(23)24)30(27,28)16-8-2-1-3-9-16/h1-9,29H,10-13H2,(H,21,22)(H,23,24). The third-order valence-electron chi connectivity index (χ3n) is 4.06. The summed E-state index contributed by atoms with van der Waals surface area (Å²) in [5, 5.41) is 18.1. The van der Waals surface area contributed by atoms with E-state index in [1.165, 1.54) is 36.4 Å². The second-order valence-electron chi connectivity index (χ2n) is 6.20. The molecule has 0 atom stereocenters. The Kier molecular flexibility index (Phi) is 8.06. The molecule has 2 N–H and O–H groups in total. The Labute approximate surface area is 175 Å². The molecule has 0 spiro atoms. The average Bonchev–Trinajstić information content (AvgIpc) is 2.68. The van der Waals surface area contributed by atoms with E-state index in [0.717, 1.165) is 4.31 Å². The Hall–Kier alpha value is -2.80. The van der Waals surface area contributed by atoms with Crippen LogP contribution in [0.4, 0.5) is 0 Å². The summed E-state index contributed by atoms with van der Waals surface area (Å²) in [4.78, 5) is 22.1. The van der Waals surface area contributed by atoms with Crippen molar-refractivity contribution in [1.29, 1.82) is 0 Å². The highest BCUT2D eigenvalue weighted by Crippen LogP contribution is 2.21. The van der Waals surface area contributed by atoms with Crippen molar-refractivity contribution < 1.29 is 36.6 Å². The van der Waals surface area contributed by atoms with Gasteiger partial charge in [-0.05, 0) is 23.3 Å². The topological polar surface area (TPSA) is 149 Å². The largest absolute Gasteiger partial charge is 0.480 e. The summed E-state index contributed by atoms with van der Waals surface area (Å²) in [5.74, 6) is -2.70. The van der Waals surface area contributed by atoms with Gasteiger partial charge in [-0.25, -0.2) is 16.8 Å². The number of hydrogen-bond donors (Lipinski definition) is 3. The van der Waals surface area contributed by atoms with E-state index in [1.54, 1.807) is 18.2 Å². The first kappa shape index (κ1) is 23.5. The van der Waals surface area contributed by atoms with Crippen molar-refractivity contribution in [3.63, 3.8) is 0 Å². The van der Waals surface area contributed by atoms with Gasteiger partial charge in [0, 0.05) is 13.1 Å². The first-order valence-electron chi connectivity index (χ1n) is 8.56. The minimum atomic E-state index is -4.15. The molecule has 0 aliphatic rings. The average molecular weight is 456 g/mol. The van der Waals surface area contributed by atoms with E-state index in [-0.39, 0.29) is 18.0 Å². The summed E-state index contributed by atoms with van der Waals surface area (Å²) >= 11 is 0. The molecular formula is C18H20N2O8S2. The van der Waals surface area contributed by atoms with E-state index in [1.807, 2.05) is 0 Å². The van der Waals surface area contributed by atoms with Crippen LogP contribution in [0.1, 0.15) is 11.1 Å². The number of hydrogen-bond acceptors (Lipinski definition) is 6. The van der Waals surface area contributed by atoms with Crippen LogP contribution in [-0.2, 0) is 43.6 Å². The molecule has 0 heterocycles.